The normalized spacial score (nSPS) is 10.7. The van der Waals surface area contributed by atoms with Crippen molar-refractivity contribution in [3.8, 4) is 6.07 Å². The molecule has 0 bridgehead atoms. The topological polar surface area (TPSA) is 61.6 Å². The first kappa shape index (κ1) is 10.3. The highest BCUT2D eigenvalue weighted by Gasteiger charge is 2.20. The molecule has 1 aromatic heterocycles. The van der Waals surface area contributed by atoms with E-state index in [-0.39, 0.29) is 11.5 Å². The van der Waals surface area contributed by atoms with Gasteiger partial charge in [-0.05, 0) is 0 Å². The van der Waals surface area contributed by atoms with E-state index < -0.39 is 12.5 Å². The maximum Gasteiger partial charge on any atom is 0.262 e. The monoisotopic (exact) mass is 198 g/mol. The van der Waals surface area contributed by atoms with E-state index in [2.05, 4.69) is 15.3 Å². The van der Waals surface area contributed by atoms with Crippen LogP contribution in [0, 0.1) is 11.3 Å². The first-order valence-electron chi connectivity index (χ1n) is 3.85. The minimum atomic E-state index is -2.81. The number of hydrogen-bond acceptors (Lipinski definition) is 4. The number of nitrogens with one attached hydrogen (secondary N) is 1. The highest BCUT2D eigenvalue weighted by atomic mass is 19.3. The van der Waals surface area contributed by atoms with Gasteiger partial charge in [0.05, 0.1) is 6.54 Å². The Morgan fingerprint density at radius 1 is 1.57 bits per heavy atom. The van der Waals surface area contributed by atoms with Crippen molar-refractivity contribution in [3.63, 3.8) is 0 Å². The van der Waals surface area contributed by atoms with Gasteiger partial charge in [-0.1, -0.05) is 0 Å². The number of aromatic nitrogens is 2. The van der Waals surface area contributed by atoms with Crippen molar-refractivity contribution in [2.24, 2.45) is 0 Å². The number of hydrogen-bond donors (Lipinski definition) is 1. The third-order valence-corrected chi connectivity index (χ3v) is 1.36. The van der Waals surface area contributed by atoms with Crippen LogP contribution in [0.15, 0.2) is 12.4 Å². The van der Waals surface area contributed by atoms with Crippen LogP contribution < -0.4 is 5.32 Å². The van der Waals surface area contributed by atoms with Crippen LogP contribution >= 0.6 is 0 Å². The van der Waals surface area contributed by atoms with E-state index in [1.807, 2.05) is 0 Å². The first-order valence-corrected chi connectivity index (χ1v) is 3.85. The van der Waals surface area contributed by atoms with Gasteiger partial charge in [0.15, 0.2) is 0 Å². The molecule has 0 fully saturated rings. The van der Waals surface area contributed by atoms with Gasteiger partial charge >= 0.3 is 0 Å². The fraction of sp³-hybridized carbons (Fsp3) is 0.375. The van der Waals surface area contributed by atoms with Gasteiger partial charge < -0.3 is 5.32 Å². The molecule has 74 valence electrons. The molecule has 1 N–H and O–H groups in total. The zero-order chi connectivity index (χ0) is 10.6. The molecule has 6 heteroatoms. The van der Waals surface area contributed by atoms with Gasteiger partial charge in [0.1, 0.15) is 23.9 Å². The summed E-state index contributed by atoms with van der Waals surface area (Å²) in [5.74, 6) is -2.59. The largest absolute Gasteiger partial charge is 0.364 e. The molecule has 1 rings (SSSR count). The van der Waals surface area contributed by atoms with E-state index in [9.17, 15) is 8.78 Å². The van der Waals surface area contributed by atoms with Crippen molar-refractivity contribution in [1.29, 1.82) is 5.26 Å². The molecular formula is C8H8F2N4. The van der Waals surface area contributed by atoms with Crippen LogP contribution in [-0.4, -0.2) is 22.4 Å². The minimum absolute atomic E-state index is 0.141. The molecule has 0 saturated heterocycles. The molecule has 1 heterocycles. The maximum absolute atomic E-state index is 12.4. The van der Waals surface area contributed by atoms with Crippen LogP contribution in [0.25, 0.3) is 0 Å². The fourth-order valence-electron chi connectivity index (χ4n) is 0.761. The summed E-state index contributed by atoms with van der Waals surface area (Å²) in [6, 6.07) is 3.10. The molecule has 0 spiro atoms. The molecule has 1 aromatic rings. The van der Waals surface area contributed by atoms with Crippen molar-refractivity contribution < 1.29 is 8.78 Å². The van der Waals surface area contributed by atoms with Crippen molar-refractivity contribution in [2.75, 3.05) is 11.9 Å². The fourth-order valence-corrected chi connectivity index (χ4v) is 0.761. The predicted octanol–water partition coefficient (Wildman–Crippen LogP) is 1.42. The number of alkyl halides is 2. The van der Waals surface area contributed by atoms with E-state index in [0.717, 1.165) is 13.3 Å². The van der Waals surface area contributed by atoms with Gasteiger partial charge in [-0.25, -0.2) is 18.7 Å². The Morgan fingerprint density at radius 2 is 2.29 bits per heavy atom. The molecule has 0 aromatic carbocycles. The first-order chi connectivity index (χ1) is 6.51. The molecule has 0 radical (unpaired) electrons. The van der Waals surface area contributed by atoms with E-state index >= 15 is 0 Å². The van der Waals surface area contributed by atoms with Crippen molar-refractivity contribution in [3.05, 3.63) is 18.1 Å². The summed E-state index contributed by atoms with van der Waals surface area (Å²) in [6.07, 6.45) is 1.15. The summed E-state index contributed by atoms with van der Waals surface area (Å²) in [5, 5.41) is 10.9. The van der Waals surface area contributed by atoms with Gasteiger partial charge in [0.25, 0.3) is 5.92 Å². The summed E-state index contributed by atoms with van der Waals surface area (Å²) in [5.41, 5.74) is 0.141. The predicted molar refractivity (Wildman–Crippen MR) is 45.9 cm³/mol. The van der Waals surface area contributed by atoms with Gasteiger partial charge in [0, 0.05) is 13.0 Å². The zero-order valence-electron chi connectivity index (χ0n) is 7.46. The highest BCUT2D eigenvalue weighted by molar-refractivity contribution is 5.38. The smallest absolute Gasteiger partial charge is 0.262 e. The molecule has 0 aliphatic rings. The van der Waals surface area contributed by atoms with E-state index in [1.165, 1.54) is 6.07 Å². The van der Waals surface area contributed by atoms with E-state index in [0.29, 0.717) is 0 Å². The molecule has 0 atom stereocenters. The summed E-state index contributed by atoms with van der Waals surface area (Å²) in [7, 11) is 0. The van der Waals surface area contributed by atoms with Crippen LogP contribution in [0.5, 0.6) is 0 Å². The van der Waals surface area contributed by atoms with E-state index in [1.54, 1.807) is 6.07 Å². The van der Waals surface area contributed by atoms with Gasteiger partial charge in [-0.2, -0.15) is 5.26 Å². The lowest BCUT2D eigenvalue weighted by molar-refractivity contribution is 0.0367. The maximum atomic E-state index is 12.4. The van der Waals surface area contributed by atoms with Crippen LogP contribution in [-0.2, 0) is 0 Å². The lowest BCUT2D eigenvalue weighted by Crippen LogP contribution is -2.23. The SMILES string of the molecule is CC(F)(F)CNc1cc(C#N)ncn1. The van der Waals surface area contributed by atoms with Crippen molar-refractivity contribution >= 4 is 5.82 Å². The second-order valence-electron chi connectivity index (χ2n) is 2.82. The third kappa shape index (κ3) is 3.31. The quantitative estimate of drug-likeness (QED) is 0.797. The summed E-state index contributed by atoms with van der Waals surface area (Å²) in [4.78, 5) is 7.29. The Morgan fingerprint density at radius 3 is 2.86 bits per heavy atom. The Labute approximate surface area is 79.6 Å². The Hall–Kier alpha value is -1.77. The average Bonchev–Trinajstić information content (AvgIpc) is 2.14. The van der Waals surface area contributed by atoms with Crippen molar-refractivity contribution in [2.45, 2.75) is 12.8 Å². The van der Waals surface area contributed by atoms with Crippen LogP contribution in [0.3, 0.4) is 0 Å². The Kier molecular flexibility index (Phi) is 2.92. The van der Waals surface area contributed by atoms with Crippen LogP contribution in [0.2, 0.25) is 0 Å². The van der Waals surface area contributed by atoms with Gasteiger partial charge in [-0.3, -0.25) is 0 Å². The lowest BCUT2D eigenvalue weighted by atomic mass is 10.3. The Balaban J connectivity index is 2.65. The summed E-state index contributed by atoms with van der Waals surface area (Å²) >= 11 is 0. The molecular weight excluding hydrogens is 190 g/mol. The van der Waals surface area contributed by atoms with Gasteiger partial charge in [-0.15, -0.1) is 0 Å². The van der Waals surface area contributed by atoms with Crippen LogP contribution in [0.1, 0.15) is 12.6 Å². The zero-order valence-corrected chi connectivity index (χ0v) is 7.46. The lowest BCUT2D eigenvalue weighted by Gasteiger charge is -2.11. The molecule has 0 unspecified atom stereocenters. The number of rotatable bonds is 3. The second-order valence-corrected chi connectivity index (χ2v) is 2.82. The molecule has 0 saturated carbocycles. The van der Waals surface area contributed by atoms with Crippen molar-refractivity contribution in [1.82, 2.24) is 9.97 Å². The average molecular weight is 198 g/mol. The standard InChI is InChI=1S/C8H8F2N4/c1-8(9,10)4-12-7-2-6(3-11)13-5-14-7/h2,5H,4H2,1H3,(H,12,13,14). The number of halogens is 2. The number of nitrogens with zero attached hydrogens (tertiary/aromatic N) is 3. The molecule has 0 amide bonds. The molecule has 14 heavy (non-hydrogen) atoms. The minimum Gasteiger partial charge on any atom is -0.364 e. The van der Waals surface area contributed by atoms with E-state index in [4.69, 9.17) is 5.26 Å². The summed E-state index contributed by atoms with van der Waals surface area (Å²) in [6.45, 7) is 0.279. The third-order valence-electron chi connectivity index (χ3n) is 1.36. The number of anilines is 1. The molecule has 4 nitrogen and oxygen atoms in total. The number of nitriles is 1. The second kappa shape index (κ2) is 3.96. The van der Waals surface area contributed by atoms with Gasteiger partial charge in [0.2, 0.25) is 0 Å². The summed E-state index contributed by atoms with van der Waals surface area (Å²) < 4.78 is 24.8. The molecule has 0 aliphatic heterocycles. The molecule has 0 aliphatic carbocycles. The highest BCUT2D eigenvalue weighted by Crippen LogP contribution is 2.12. The Bertz CT molecular complexity index is 353. The van der Waals surface area contributed by atoms with Crippen LogP contribution in [0.4, 0.5) is 14.6 Å².